The highest BCUT2D eigenvalue weighted by atomic mass is 16.5. The fourth-order valence-corrected chi connectivity index (χ4v) is 2.22. The highest BCUT2D eigenvalue weighted by Crippen LogP contribution is 2.31. The van der Waals surface area contributed by atoms with Crippen LogP contribution in [-0.4, -0.2) is 30.6 Å². The van der Waals surface area contributed by atoms with Crippen LogP contribution in [0.2, 0.25) is 0 Å². The number of rotatable bonds is 4. The second kappa shape index (κ2) is 6.45. The molecule has 0 aliphatic carbocycles. The van der Waals surface area contributed by atoms with Crippen molar-refractivity contribution in [3.63, 3.8) is 0 Å². The Morgan fingerprint density at radius 3 is 2.67 bits per heavy atom. The summed E-state index contributed by atoms with van der Waals surface area (Å²) >= 11 is 0. The van der Waals surface area contributed by atoms with Gasteiger partial charge in [0.2, 0.25) is 5.88 Å². The molecule has 0 unspecified atom stereocenters. The summed E-state index contributed by atoms with van der Waals surface area (Å²) in [5, 5.41) is 7.10. The average molecular weight is 324 g/mol. The molecule has 0 bridgehead atoms. The zero-order valence-corrected chi connectivity index (χ0v) is 13.5. The molecule has 3 aromatic heterocycles. The summed E-state index contributed by atoms with van der Waals surface area (Å²) in [5.74, 6) is 0.592. The molecule has 0 aliphatic rings. The van der Waals surface area contributed by atoms with Crippen LogP contribution in [0, 0.1) is 13.8 Å². The molecule has 8 nitrogen and oxygen atoms in total. The number of carbonyl (C=O) groups is 1. The number of pyridine rings is 1. The van der Waals surface area contributed by atoms with Gasteiger partial charge in [-0.15, -0.1) is 0 Å². The van der Waals surface area contributed by atoms with Gasteiger partial charge >= 0.3 is 0 Å². The lowest BCUT2D eigenvalue weighted by molar-refractivity contribution is 0.102. The molecule has 0 saturated carbocycles. The third kappa shape index (κ3) is 3.07. The zero-order valence-electron chi connectivity index (χ0n) is 13.5. The summed E-state index contributed by atoms with van der Waals surface area (Å²) in [4.78, 5) is 24.6. The van der Waals surface area contributed by atoms with Gasteiger partial charge in [-0.25, -0.2) is 9.67 Å². The van der Waals surface area contributed by atoms with Crippen LogP contribution in [0.1, 0.15) is 21.9 Å². The van der Waals surface area contributed by atoms with Crippen LogP contribution in [0.25, 0.3) is 0 Å². The van der Waals surface area contributed by atoms with Gasteiger partial charge in [0.1, 0.15) is 17.1 Å². The monoisotopic (exact) mass is 324 g/mol. The maximum Gasteiger partial charge on any atom is 0.276 e. The molecule has 0 aliphatic heterocycles. The Morgan fingerprint density at radius 1 is 1.17 bits per heavy atom. The average Bonchev–Trinajstić information content (AvgIpc) is 2.83. The van der Waals surface area contributed by atoms with Crippen molar-refractivity contribution in [2.75, 3.05) is 5.32 Å². The number of anilines is 1. The van der Waals surface area contributed by atoms with Crippen molar-refractivity contribution in [3.8, 4) is 11.6 Å². The molecule has 0 fully saturated rings. The first kappa shape index (κ1) is 15.6. The van der Waals surface area contributed by atoms with Gasteiger partial charge in [0.15, 0.2) is 0 Å². The van der Waals surface area contributed by atoms with E-state index in [4.69, 9.17) is 4.74 Å². The summed E-state index contributed by atoms with van der Waals surface area (Å²) in [7, 11) is 1.74. The highest BCUT2D eigenvalue weighted by molar-refractivity contribution is 6.04. The van der Waals surface area contributed by atoms with Gasteiger partial charge in [-0.1, -0.05) is 0 Å². The van der Waals surface area contributed by atoms with Gasteiger partial charge < -0.3 is 10.1 Å². The molecule has 1 N–H and O–H groups in total. The van der Waals surface area contributed by atoms with Crippen molar-refractivity contribution in [2.24, 2.45) is 7.05 Å². The van der Waals surface area contributed by atoms with Crippen LogP contribution < -0.4 is 10.1 Å². The van der Waals surface area contributed by atoms with Gasteiger partial charge in [0, 0.05) is 25.6 Å². The normalized spacial score (nSPS) is 10.5. The number of ether oxygens (including phenoxy) is 1. The minimum Gasteiger partial charge on any atom is -0.436 e. The summed E-state index contributed by atoms with van der Waals surface area (Å²) in [6.45, 7) is 3.51. The molecule has 0 spiro atoms. The lowest BCUT2D eigenvalue weighted by Gasteiger charge is -2.10. The van der Waals surface area contributed by atoms with E-state index in [0.717, 1.165) is 0 Å². The van der Waals surface area contributed by atoms with E-state index in [-0.39, 0.29) is 11.6 Å². The Labute approximate surface area is 138 Å². The summed E-state index contributed by atoms with van der Waals surface area (Å²) in [6.07, 6.45) is 6.26. The lowest BCUT2D eigenvalue weighted by atomic mass is 10.3. The standard InChI is InChI=1S/C16H16N6O2/c1-10-13(19-8-7-18-10)15(23)20-14-11(2)21-22(3)16(14)24-12-5-4-6-17-9-12/h4-9H,1-3H3,(H,20,23). The van der Waals surface area contributed by atoms with Crippen molar-refractivity contribution in [1.29, 1.82) is 0 Å². The number of amides is 1. The molecular formula is C16H16N6O2. The molecule has 3 aromatic rings. The molecule has 3 rings (SSSR count). The molecule has 1 amide bonds. The first-order chi connectivity index (χ1) is 11.6. The molecule has 0 saturated heterocycles. The third-order valence-corrected chi connectivity index (χ3v) is 3.35. The van der Waals surface area contributed by atoms with E-state index in [1.54, 1.807) is 56.3 Å². The Bertz CT molecular complexity index is 876. The molecule has 8 heteroatoms. The SMILES string of the molecule is Cc1nccnc1C(=O)Nc1c(C)nn(C)c1Oc1cccnc1. The Hall–Kier alpha value is -3.29. The Kier molecular flexibility index (Phi) is 4.19. The van der Waals surface area contributed by atoms with Crippen LogP contribution in [0.5, 0.6) is 11.6 Å². The molecule has 24 heavy (non-hydrogen) atoms. The minimum absolute atomic E-state index is 0.257. The number of carbonyl (C=O) groups excluding carboxylic acids is 1. The van der Waals surface area contributed by atoms with E-state index in [0.29, 0.717) is 28.7 Å². The van der Waals surface area contributed by atoms with Crippen LogP contribution in [0.3, 0.4) is 0 Å². The van der Waals surface area contributed by atoms with Crippen molar-refractivity contribution in [2.45, 2.75) is 13.8 Å². The molecule has 0 radical (unpaired) electrons. The van der Waals surface area contributed by atoms with E-state index in [1.165, 1.54) is 6.20 Å². The summed E-state index contributed by atoms with van der Waals surface area (Å²) in [6, 6.07) is 3.54. The van der Waals surface area contributed by atoms with Crippen LogP contribution in [-0.2, 0) is 7.05 Å². The fourth-order valence-electron chi connectivity index (χ4n) is 2.22. The fraction of sp³-hybridized carbons (Fsp3) is 0.188. The van der Waals surface area contributed by atoms with Crippen molar-refractivity contribution >= 4 is 11.6 Å². The molecule has 3 heterocycles. The second-order valence-electron chi connectivity index (χ2n) is 5.12. The lowest BCUT2D eigenvalue weighted by Crippen LogP contribution is -2.16. The van der Waals surface area contributed by atoms with Gasteiger partial charge in [-0.3, -0.25) is 14.8 Å². The van der Waals surface area contributed by atoms with Gasteiger partial charge in [-0.2, -0.15) is 5.10 Å². The molecule has 122 valence electrons. The van der Waals surface area contributed by atoms with E-state index in [2.05, 4.69) is 25.4 Å². The van der Waals surface area contributed by atoms with Crippen molar-refractivity contribution < 1.29 is 9.53 Å². The molecule has 0 aromatic carbocycles. The molecule has 0 atom stereocenters. The summed E-state index contributed by atoms with van der Waals surface area (Å²) < 4.78 is 7.37. The quantitative estimate of drug-likeness (QED) is 0.791. The van der Waals surface area contributed by atoms with Crippen LogP contribution in [0.4, 0.5) is 5.69 Å². The van der Waals surface area contributed by atoms with Crippen molar-refractivity contribution in [3.05, 3.63) is 54.0 Å². The number of nitrogens with one attached hydrogen (secondary N) is 1. The third-order valence-electron chi connectivity index (χ3n) is 3.35. The first-order valence-corrected chi connectivity index (χ1v) is 7.26. The number of aromatic nitrogens is 5. The van der Waals surface area contributed by atoms with E-state index >= 15 is 0 Å². The maximum atomic E-state index is 12.5. The van der Waals surface area contributed by atoms with E-state index < -0.39 is 0 Å². The van der Waals surface area contributed by atoms with Gasteiger partial charge in [-0.05, 0) is 26.0 Å². The topological polar surface area (TPSA) is 94.8 Å². The largest absolute Gasteiger partial charge is 0.436 e. The van der Waals surface area contributed by atoms with E-state index in [9.17, 15) is 4.79 Å². The smallest absolute Gasteiger partial charge is 0.276 e. The van der Waals surface area contributed by atoms with Crippen LogP contribution >= 0.6 is 0 Å². The first-order valence-electron chi connectivity index (χ1n) is 7.26. The maximum absolute atomic E-state index is 12.5. The Balaban J connectivity index is 1.91. The number of aryl methyl sites for hydroxylation is 3. The van der Waals surface area contributed by atoms with Gasteiger partial charge in [0.25, 0.3) is 5.91 Å². The Morgan fingerprint density at radius 2 is 1.96 bits per heavy atom. The molecular weight excluding hydrogens is 308 g/mol. The predicted molar refractivity (Wildman–Crippen MR) is 87.0 cm³/mol. The number of hydrogen-bond donors (Lipinski definition) is 1. The van der Waals surface area contributed by atoms with E-state index in [1.807, 2.05) is 0 Å². The minimum atomic E-state index is -0.368. The second-order valence-corrected chi connectivity index (χ2v) is 5.12. The highest BCUT2D eigenvalue weighted by Gasteiger charge is 2.20. The zero-order chi connectivity index (χ0) is 17.1. The number of hydrogen-bond acceptors (Lipinski definition) is 6. The van der Waals surface area contributed by atoms with Crippen LogP contribution in [0.15, 0.2) is 36.9 Å². The summed E-state index contributed by atoms with van der Waals surface area (Å²) in [5.41, 5.74) is 1.92. The van der Waals surface area contributed by atoms with Gasteiger partial charge in [0.05, 0.1) is 17.6 Å². The predicted octanol–water partition coefficient (Wildman–Crippen LogP) is 2.27. The van der Waals surface area contributed by atoms with Crippen molar-refractivity contribution in [1.82, 2.24) is 24.7 Å². The number of nitrogens with zero attached hydrogens (tertiary/aromatic N) is 5.